The molecule has 0 spiro atoms. The van der Waals surface area contributed by atoms with Crippen molar-refractivity contribution < 1.29 is 35.6 Å². The normalized spacial score (nSPS) is 12.5. The number of hydrogen-bond donors (Lipinski definition) is 1. The summed E-state index contributed by atoms with van der Waals surface area (Å²) in [6.45, 7) is -1.18. The number of sulfonamides is 1. The van der Waals surface area contributed by atoms with E-state index in [2.05, 4.69) is 5.32 Å². The van der Waals surface area contributed by atoms with E-state index in [1.165, 1.54) is 19.2 Å². The lowest BCUT2D eigenvalue weighted by Gasteiger charge is -2.33. The predicted molar refractivity (Wildman–Crippen MR) is 144 cm³/mol. The molecule has 0 fully saturated rings. The Labute approximate surface area is 234 Å². The fourth-order valence-electron chi connectivity index (χ4n) is 3.98. The summed E-state index contributed by atoms with van der Waals surface area (Å²) in [6, 6.07) is 14.8. The standard InChI is InChI=1S/C27H26ClF4N3O4S/c1-33-26(37)24(14-18-6-4-3-5-7-18)34(16-19-8-11-21(29)12-9-19)25(36)17-35(40(2,38)39)23-15-20(27(30,31)32)10-13-22(23)28/h3-13,15,24H,14,16-17H2,1-2H3,(H,33,37). The van der Waals surface area contributed by atoms with Crippen LogP contribution in [0.15, 0.2) is 72.8 Å². The van der Waals surface area contributed by atoms with Gasteiger partial charge in [0.1, 0.15) is 18.4 Å². The maximum Gasteiger partial charge on any atom is 0.416 e. The SMILES string of the molecule is CNC(=O)C(Cc1ccccc1)N(Cc1ccc(F)cc1)C(=O)CN(c1cc(C(F)(F)F)ccc1Cl)S(C)(=O)=O. The topological polar surface area (TPSA) is 86.8 Å². The molecule has 2 amide bonds. The minimum atomic E-state index is -4.80. The molecule has 3 aromatic rings. The number of rotatable bonds is 10. The second kappa shape index (κ2) is 12.7. The molecular formula is C27H26ClF4N3O4S. The van der Waals surface area contributed by atoms with Crippen LogP contribution in [0.2, 0.25) is 5.02 Å². The lowest BCUT2D eigenvalue weighted by atomic mass is 10.0. The molecule has 0 bridgehead atoms. The molecule has 0 radical (unpaired) electrons. The third-order valence-corrected chi connectivity index (χ3v) is 7.45. The second-order valence-electron chi connectivity index (χ2n) is 8.90. The first-order chi connectivity index (χ1) is 18.7. The van der Waals surface area contributed by atoms with E-state index in [-0.39, 0.29) is 18.0 Å². The van der Waals surface area contributed by atoms with Crippen molar-refractivity contribution >= 4 is 39.1 Å². The number of likely N-dealkylation sites (N-methyl/N-ethyl adjacent to an activating group) is 1. The van der Waals surface area contributed by atoms with E-state index >= 15 is 0 Å². The van der Waals surface area contributed by atoms with Crippen molar-refractivity contribution in [2.75, 3.05) is 24.2 Å². The van der Waals surface area contributed by atoms with Gasteiger partial charge in [-0.15, -0.1) is 0 Å². The minimum Gasteiger partial charge on any atom is -0.357 e. The van der Waals surface area contributed by atoms with Crippen LogP contribution < -0.4 is 9.62 Å². The number of halogens is 5. The van der Waals surface area contributed by atoms with E-state index < -0.39 is 57.7 Å². The third kappa shape index (κ3) is 7.95. The van der Waals surface area contributed by atoms with Gasteiger partial charge in [0.25, 0.3) is 0 Å². The first kappa shape index (κ1) is 30.9. The molecular weight excluding hydrogens is 574 g/mol. The number of carbonyl (C=O) groups is 2. The summed E-state index contributed by atoms with van der Waals surface area (Å²) < 4.78 is 79.7. The quantitative estimate of drug-likeness (QED) is 0.344. The Morgan fingerprint density at radius 2 is 1.60 bits per heavy atom. The van der Waals surface area contributed by atoms with E-state index in [0.29, 0.717) is 27.6 Å². The molecule has 1 atom stereocenters. The first-order valence-corrected chi connectivity index (χ1v) is 14.1. The summed E-state index contributed by atoms with van der Waals surface area (Å²) in [5.74, 6) is -1.99. The van der Waals surface area contributed by atoms with E-state index in [4.69, 9.17) is 11.6 Å². The van der Waals surface area contributed by atoms with Crippen molar-refractivity contribution in [3.8, 4) is 0 Å². The van der Waals surface area contributed by atoms with Crippen molar-refractivity contribution in [3.63, 3.8) is 0 Å². The van der Waals surface area contributed by atoms with Crippen LogP contribution in [0, 0.1) is 5.82 Å². The van der Waals surface area contributed by atoms with Crippen LogP contribution in [0.5, 0.6) is 0 Å². The summed E-state index contributed by atoms with van der Waals surface area (Å²) in [6.07, 6.45) is -4.04. The summed E-state index contributed by atoms with van der Waals surface area (Å²) in [4.78, 5) is 27.9. The number of nitrogens with zero attached hydrogens (tertiary/aromatic N) is 2. The van der Waals surface area contributed by atoms with Crippen LogP contribution in [-0.2, 0) is 38.8 Å². The number of hydrogen-bond acceptors (Lipinski definition) is 4. The first-order valence-electron chi connectivity index (χ1n) is 11.8. The van der Waals surface area contributed by atoms with Gasteiger partial charge in [0.2, 0.25) is 21.8 Å². The molecule has 3 aromatic carbocycles. The fraction of sp³-hybridized carbons (Fsp3) is 0.259. The largest absolute Gasteiger partial charge is 0.416 e. The monoisotopic (exact) mass is 599 g/mol. The lowest BCUT2D eigenvalue weighted by Crippen LogP contribution is -2.53. The Hall–Kier alpha value is -3.64. The van der Waals surface area contributed by atoms with Crippen LogP contribution in [-0.4, -0.2) is 51.0 Å². The number of carbonyl (C=O) groups excluding carboxylic acids is 2. The third-order valence-electron chi connectivity index (χ3n) is 6.01. The molecule has 0 aliphatic rings. The molecule has 13 heteroatoms. The summed E-state index contributed by atoms with van der Waals surface area (Å²) in [7, 11) is -2.97. The molecule has 1 N–H and O–H groups in total. The highest BCUT2D eigenvalue weighted by molar-refractivity contribution is 7.92. The molecule has 214 valence electrons. The van der Waals surface area contributed by atoms with Crippen LogP contribution in [0.25, 0.3) is 0 Å². The number of anilines is 1. The van der Waals surface area contributed by atoms with Gasteiger partial charge in [-0.05, 0) is 41.5 Å². The highest BCUT2D eigenvalue weighted by Crippen LogP contribution is 2.36. The van der Waals surface area contributed by atoms with Gasteiger partial charge in [-0.25, -0.2) is 12.8 Å². The van der Waals surface area contributed by atoms with Crippen LogP contribution in [0.1, 0.15) is 16.7 Å². The Balaban J connectivity index is 2.08. The van der Waals surface area contributed by atoms with E-state index in [9.17, 15) is 35.6 Å². The average molecular weight is 600 g/mol. The summed E-state index contributed by atoms with van der Waals surface area (Å²) >= 11 is 6.10. The minimum absolute atomic E-state index is 0.0383. The maximum absolute atomic E-state index is 13.8. The molecule has 0 heterocycles. The van der Waals surface area contributed by atoms with E-state index in [0.717, 1.165) is 29.4 Å². The van der Waals surface area contributed by atoms with Gasteiger partial charge in [0.05, 0.1) is 22.5 Å². The fourth-order valence-corrected chi connectivity index (χ4v) is 5.10. The smallest absolute Gasteiger partial charge is 0.357 e. The van der Waals surface area contributed by atoms with Crippen molar-refractivity contribution in [2.45, 2.75) is 25.2 Å². The molecule has 0 aromatic heterocycles. The van der Waals surface area contributed by atoms with Crippen molar-refractivity contribution in [1.82, 2.24) is 10.2 Å². The van der Waals surface area contributed by atoms with Gasteiger partial charge >= 0.3 is 6.18 Å². The molecule has 40 heavy (non-hydrogen) atoms. The zero-order valence-corrected chi connectivity index (χ0v) is 23.0. The van der Waals surface area contributed by atoms with Crippen LogP contribution in [0.4, 0.5) is 23.2 Å². The van der Waals surface area contributed by atoms with Gasteiger partial charge in [-0.3, -0.25) is 13.9 Å². The molecule has 0 aliphatic carbocycles. The Bertz CT molecular complexity index is 1450. The van der Waals surface area contributed by atoms with Crippen molar-refractivity contribution in [1.29, 1.82) is 0 Å². The lowest BCUT2D eigenvalue weighted by molar-refractivity contribution is -0.139. The number of benzene rings is 3. The van der Waals surface area contributed by atoms with Gasteiger partial charge in [0, 0.05) is 20.0 Å². The van der Waals surface area contributed by atoms with Crippen molar-refractivity contribution in [2.24, 2.45) is 0 Å². The number of nitrogens with one attached hydrogen (secondary N) is 1. The van der Waals surface area contributed by atoms with E-state index in [1.807, 2.05) is 0 Å². The zero-order chi connectivity index (χ0) is 29.7. The second-order valence-corrected chi connectivity index (χ2v) is 11.2. The van der Waals surface area contributed by atoms with Gasteiger partial charge in [-0.1, -0.05) is 54.1 Å². The van der Waals surface area contributed by atoms with Crippen molar-refractivity contribution in [3.05, 3.63) is 100 Å². The highest BCUT2D eigenvalue weighted by Gasteiger charge is 2.35. The molecule has 0 saturated heterocycles. The summed E-state index contributed by atoms with van der Waals surface area (Å²) in [5.41, 5.74) is -0.592. The molecule has 1 unspecified atom stereocenters. The highest BCUT2D eigenvalue weighted by atomic mass is 35.5. The zero-order valence-electron chi connectivity index (χ0n) is 21.5. The Morgan fingerprint density at radius 1 is 0.975 bits per heavy atom. The molecule has 0 aliphatic heterocycles. The number of alkyl halides is 3. The van der Waals surface area contributed by atoms with Gasteiger partial charge < -0.3 is 10.2 Å². The Morgan fingerprint density at radius 3 is 2.15 bits per heavy atom. The predicted octanol–water partition coefficient (Wildman–Crippen LogP) is 4.65. The van der Waals surface area contributed by atoms with Gasteiger partial charge in [0.15, 0.2) is 0 Å². The molecule has 3 rings (SSSR count). The van der Waals surface area contributed by atoms with E-state index in [1.54, 1.807) is 30.3 Å². The Kier molecular flexibility index (Phi) is 9.80. The van der Waals surface area contributed by atoms with Crippen LogP contribution >= 0.6 is 11.6 Å². The van der Waals surface area contributed by atoms with Gasteiger partial charge in [-0.2, -0.15) is 13.2 Å². The molecule has 0 saturated carbocycles. The molecule has 7 nitrogen and oxygen atoms in total. The van der Waals surface area contributed by atoms with Crippen LogP contribution in [0.3, 0.4) is 0 Å². The maximum atomic E-state index is 13.8. The number of amides is 2. The summed E-state index contributed by atoms with van der Waals surface area (Å²) in [5, 5.41) is 2.16. The average Bonchev–Trinajstić information content (AvgIpc) is 2.89.